The number of hydrogen-bond donors (Lipinski definition) is 1. The number of methoxy groups -OCH3 is 1. The number of nitrogens with zero attached hydrogens (tertiary/aromatic N) is 6. The fraction of sp³-hybridized carbons (Fsp3) is 0.417. The number of rotatable bonds is 8. The minimum Gasteiger partial charge on any atom is -0.475 e. The van der Waals surface area contributed by atoms with Crippen LogP contribution in [0.4, 0.5) is 11.8 Å². The summed E-state index contributed by atoms with van der Waals surface area (Å²) >= 11 is 0. The Balaban J connectivity index is 1.64. The van der Waals surface area contributed by atoms with Gasteiger partial charge in [-0.2, -0.15) is 4.98 Å². The molecular formula is C36H45N7O5S. The number of carbonyl (C=O) groups excluding carboxylic acids is 1. The number of likely N-dealkylation sites (N-methyl/N-ethyl adjacent to an activating group) is 1. The summed E-state index contributed by atoms with van der Waals surface area (Å²) in [6.07, 6.45) is 3.88. The van der Waals surface area contributed by atoms with E-state index in [1.165, 1.54) is 12.1 Å². The Morgan fingerprint density at radius 2 is 1.78 bits per heavy atom. The minimum absolute atomic E-state index is 0.0354. The molecule has 3 heterocycles. The molecule has 0 aliphatic carbocycles. The summed E-state index contributed by atoms with van der Waals surface area (Å²) in [5.41, 5.74) is 3.87. The number of benzene rings is 2. The van der Waals surface area contributed by atoms with Gasteiger partial charge in [0.25, 0.3) is 15.9 Å². The van der Waals surface area contributed by atoms with Crippen molar-refractivity contribution < 1.29 is 22.7 Å². The van der Waals surface area contributed by atoms with Gasteiger partial charge in [-0.25, -0.2) is 23.1 Å². The third-order valence-corrected chi connectivity index (χ3v) is 9.79. The first-order valence-corrected chi connectivity index (χ1v) is 17.7. The molecular weight excluding hydrogens is 643 g/mol. The number of sulfonamides is 1. The summed E-state index contributed by atoms with van der Waals surface area (Å²) in [6.45, 7) is 13.0. The van der Waals surface area contributed by atoms with E-state index in [0.717, 1.165) is 16.7 Å². The van der Waals surface area contributed by atoms with Crippen molar-refractivity contribution >= 4 is 27.7 Å². The van der Waals surface area contributed by atoms with Gasteiger partial charge in [-0.1, -0.05) is 45.0 Å². The zero-order valence-electron chi connectivity index (χ0n) is 29.4. The first kappa shape index (κ1) is 35.7. The molecule has 0 radical (unpaired) electrons. The van der Waals surface area contributed by atoms with Crippen LogP contribution in [0.2, 0.25) is 0 Å². The number of nitrogens with one attached hydrogen (secondary N) is 1. The Hall–Kier alpha value is -4.62. The Morgan fingerprint density at radius 3 is 2.47 bits per heavy atom. The highest BCUT2D eigenvalue weighted by Crippen LogP contribution is 2.32. The summed E-state index contributed by atoms with van der Waals surface area (Å²) in [6, 6.07) is 13.2. The van der Waals surface area contributed by atoms with E-state index in [-0.39, 0.29) is 52.8 Å². The number of carbonyl (C=O) groups is 1. The molecule has 0 saturated heterocycles. The van der Waals surface area contributed by atoms with Crippen molar-refractivity contribution in [2.45, 2.75) is 71.5 Å². The molecule has 260 valence electrons. The Labute approximate surface area is 289 Å². The number of anilines is 2. The molecule has 0 spiro atoms. The highest BCUT2D eigenvalue weighted by molar-refractivity contribution is 7.92. The molecule has 2 aromatic carbocycles. The topological polar surface area (TPSA) is 140 Å². The van der Waals surface area contributed by atoms with E-state index in [2.05, 4.69) is 40.4 Å². The lowest BCUT2D eigenvalue weighted by molar-refractivity contribution is 0.0509. The molecule has 13 heteroatoms. The lowest BCUT2D eigenvalue weighted by Gasteiger charge is -2.35. The van der Waals surface area contributed by atoms with Crippen LogP contribution in [0.5, 0.6) is 5.88 Å². The second kappa shape index (κ2) is 14.5. The standard InChI is InChI=1S/C36H45N7O5S/c1-23-11-9-12-24(2)33(23)30-16-32-40-35(39-30)41-49(45,46)29-14-10-13-26(15-29)34(44)43(28(22-48-32)17-36(4,5)6)20-27-18-37-19-31(38-27)42(7)25(3)21-47-8/h9-16,18-19,25,28H,17,20-22H2,1-8H3,(H,39,40,41)/t25?,28-/m1/s1. The molecule has 49 heavy (non-hydrogen) atoms. The molecule has 0 fully saturated rings. The summed E-state index contributed by atoms with van der Waals surface area (Å²) in [5, 5.41) is 0. The highest BCUT2D eigenvalue weighted by atomic mass is 32.2. The van der Waals surface area contributed by atoms with Gasteiger partial charge >= 0.3 is 0 Å². The van der Waals surface area contributed by atoms with E-state index in [4.69, 9.17) is 14.5 Å². The highest BCUT2D eigenvalue weighted by Gasteiger charge is 2.32. The van der Waals surface area contributed by atoms with E-state index in [1.54, 1.807) is 42.6 Å². The predicted molar refractivity (Wildman–Crippen MR) is 189 cm³/mol. The maximum absolute atomic E-state index is 14.5. The van der Waals surface area contributed by atoms with Gasteiger partial charge in [0.1, 0.15) is 12.4 Å². The average molecular weight is 688 g/mol. The van der Waals surface area contributed by atoms with Gasteiger partial charge in [-0.05, 0) is 61.9 Å². The van der Waals surface area contributed by atoms with Gasteiger partial charge in [0.15, 0.2) is 0 Å². The van der Waals surface area contributed by atoms with Gasteiger partial charge in [0.05, 0.1) is 53.9 Å². The molecule has 1 aliphatic rings. The van der Waals surface area contributed by atoms with E-state index in [1.807, 2.05) is 50.9 Å². The lowest BCUT2D eigenvalue weighted by atomic mass is 9.87. The van der Waals surface area contributed by atoms with Crippen LogP contribution in [-0.2, 0) is 21.3 Å². The van der Waals surface area contributed by atoms with Crippen LogP contribution >= 0.6 is 0 Å². The molecule has 1 unspecified atom stereocenters. The van der Waals surface area contributed by atoms with Crippen molar-refractivity contribution in [3.8, 4) is 17.1 Å². The Bertz CT molecular complexity index is 1910. The number of aryl methyl sites for hydroxylation is 2. The van der Waals surface area contributed by atoms with Crippen LogP contribution in [0.3, 0.4) is 0 Å². The molecule has 4 bridgehead atoms. The Kier molecular flexibility index (Phi) is 10.5. The molecule has 2 aromatic heterocycles. The monoisotopic (exact) mass is 687 g/mol. The number of aromatic nitrogens is 4. The summed E-state index contributed by atoms with van der Waals surface area (Å²) < 4.78 is 41.6. The summed E-state index contributed by atoms with van der Waals surface area (Å²) in [4.78, 5) is 36.5. The van der Waals surface area contributed by atoms with Crippen molar-refractivity contribution in [3.63, 3.8) is 0 Å². The fourth-order valence-corrected chi connectivity index (χ4v) is 6.93. The van der Waals surface area contributed by atoms with E-state index in [9.17, 15) is 13.2 Å². The smallest absolute Gasteiger partial charge is 0.264 e. The van der Waals surface area contributed by atoms with Crippen LogP contribution in [0.15, 0.2) is 65.8 Å². The van der Waals surface area contributed by atoms with E-state index >= 15 is 0 Å². The largest absolute Gasteiger partial charge is 0.475 e. The van der Waals surface area contributed by atoms with Crippen molar-refractivity contribution in [2.75, 3.05) is 37.0 Å². The second-order valence-corrected chi connectivity index (χ2v) is 15.4. The molecule has 0 saturated carbocycles. The van der Waals surface area contributed by atoms with Crippen LogP contribution in [0, 0.1) is 19.3 Å². The van der Waals surface area contributed by atoms with Gasteiger partial charge < -0.3 is 19.3 Å². The number of amides is 1. The molecule has 2 atom stereocenters. The number of hydrogen-bond acceptors (Lipinski definition) is 10. The third kappa shape index (κ3) is 8.52. The second-order valence-electron chi connectivity index (χ2n) is 13.8. The van der Waals surface area contributed by atoms with Gasteiger partial charge in [0.2, 0.25) is 11.8 Å². The predicted octanol–water partition coefficient (Wildman–Crippen LogP) is 5.66. The first-order valence-electron chi connectivity index (χ1n) is 16.2. The quantitative estimate of drug-likeness (QED) is 0.247. The van der Waals surface area contributed by atoms with Gasteiger partial charge in [0, 0.05) is 31.4 Å². The molecule has 1 amide bonds. The lowest BCUT2D eigenvalue weighted by Crippen LogP contribution is -2.45. The molecule has 12 nitrogen and oxygen atoms in total. The average Bonchev–Trinajstić information content (AvgIpc) is 3.04. The van der Waals surface area contributed by atoms with Crippen molar-refractivity contribution in [3.05, 3.63) is 83.3 Å². The summed E-state index contributed by atoms with van der Waals surface area (Å²) in [7, 11) is -0.620. The van der Waals surface area contributed by atoms with Crippen molar-refractivity contribution in [1.82, 2.24) is 24.8 Å². The molecule has 1 N–H and O–H groups in total. The maximum Gasteiger partial charge on any atom is 0.264 e. The molecule has 5 rings (SSSR count). The maximum atomic E-state index is 14.5. The van der Waals surface area contributed by atoms with E-state index < -0.39 is 16.1 Å². The third-order valence-electron chi connectivity index (χ3n) is 8.46. The molecule has 4 aromatic rings. The molecule has 1 aliphatic heterocycles. The van der Waals surface area contributed by atoms with Gasteiger partial charge in [-0.3, -0.25) is 9.78 Å². The SMILES string of the molecule is COCC(C)N(C)c1cncc(CN2C(=O)c3cccc(c3)S(=O)(=O)Nc3nc(cc(-c4c(C)cccc4C)n3)OC[C@H]2CC(C)(C)C)n1. The zero-order chi connectivity index (χ0) is 35.5. The summed E-state index contributed by atoms with van der Waals surface area (Å²) in [5.74, 6) is 0.319. The van der Waals surface area contributed by atoms with E-state index in [0.29, 0.717) is 30.2 Å². The van der Waals surface area contributed by atoms with Gasteiger partial charge in [-0.15, -0.1) is 0 Å². The normalized spacial score (nSPS) is 16.8. The van der Waals surface area contributed by atoms with Crippen LogP contribution in [-0.4, -0.2) is 78.6 Å². The van der Waals surface area contributed by atoms with Crippen LogP contribution < -0.4 is 14.4 Å². The van der Waals surface area contributed by atoms with Crippen molar-refractivity contribution in [2.24, 2.45) is 5.41 Å². The van der Waals surface area contributed by atoms with Crippen molar-refractivity contribution in [1.29, 1.82) is 0 Å². The fourth-order valence-electron chi connectivity index (χ4n) is 5.94. The first-order chi connectivity index (χ1) is 23.1. The minimum atomic E-state index is -4.19. The zero-order valence-corrected chi connectivity index (χ0v) is 30.2. The Morgan fingerprint density at radius 1 is 1.06 bits per heavy atom. The number of fused-ring (bicyclic) bond motifs is 4. The van der Waals surface area contributed by atoms with Crippen LogP contribution in [0.1, 0.15) is 61.3 Å². The number of ether oxygens (including phenoxy) is 2. The van der Waals surface area contributed by atoms with Crippen LogP contribution in [0.25, 0.3) is 11.3 Å².